The van der Waals surface area contributed by atoms with E-state index in [9.17, 15) is 9.59 Å². The lowest BCUT2D eigenvalue weighted by Crippen LogP contribution is -2.32. The van der Waals surface area contributed by atoms with E-state index in [1.165, 1.54) is 6.21 Å². The van der Waals surface area contributed by atoms with E-state index in [2.05, 4.69) is 10.1 Å². The standard InChI is InChI=1S/C15H10ClN3O2/c16-11-7-5-10(6-8-11)9-17-19-14(20)12-3-1-2-4-13(12)18-15(19)21/h1-9H,(H,18,21). The number of benzene rings is 2. The van der Waals surface area contributed by atoms with Gasteiger partial charge in [0.15, 0.2) is 0 Å². The van der Waals surface area contributed by atoms with E-state index in [1.54, 1.807) is 48.5 Å². The Bertz CT molecular complexity index is 940. The van der Waals surface area contributed by atoms with Crippen LogP contribution >= 0.6 is 11.6 Å². The van der Waals surface area contributed by atoms with Crippen molar-refractivity contribution in [1.29, 1.82) is 0 Å². The van der Waals surface area contributed by atoms with Crippen LogP contribution in [0, 0.1) is 0 Å². The molecule has 0 unspecified atom stereocenters. The molecule has 0 saturated carbocycles. The minimum absolute atomic E-state index is 0.408. The van der Waals surface area contributed by atoms with Crippen LogP contribution in [0.15, 0.2) is 63.2 Å². The van der Waals surface area contributed by atoms with Crippen molar-refractivity contribution in [3.8, 4) is 0 Å². The van der Waals surface area contributed by atoms with Crippen LogP contribution in [0.1, 0.15) is 5.56 Å². The Labute approximate surface area is 124 Å². The Hall–Kier alpha value is -2.66. The monoisotopic (exact) mass is 299 g/mol. The van der Waals surface area contributed by atoms with Crippen molar-refractivity contribution in [2.24, 2.45) is 5.10 Å². The van der Waals surface area contributed by atoms with Gasteiger partial charge in [-0.05, 0) is 29.8 Å². The molecule has 1 aromatic heterocycles. The zero-order valence-electron chi connectivity index (χ0n) is 10.8. The summed E-state index contributed by atoms with van der Waals surface area (Å²) in [6.07, 6.45) is 1.43. The van der Waals surface area contributed by atoms with Gasteiger partial charge in [0.2, 0.25) is 0 Å². The van der Waals surface area contributed by atoms with Crippen LogP contribution in [0.25, 0.3) is 10.9 Å². The Morgan fingerprint density at radius 1 is 1.05 bits per heavy atom. The van der Waals surface area contributed by atoms with E-state index in [-0.39, 0.29) is 0 Å². The number of hydrogen-bond acceptors (Lipinski definition) is 3. The van der Waals surface area contributed by atoms with E-state index in [1.807, 2.05) is 0 Å². The first-order valence-corrected chi connectivity index (χ1v) is 6.57. The molecule has 3 rings (SSSR count). The maximum absolute atomic E-state index is 12.2. The number of nitrogens with zero attached hydrogens (tertiary/aromatic N) is 2. The Morgan fingerprint density at radius 2 is 1.76 bits per heavy atom. The summed E-state index contributed by atoms with van der Waals surface area (Å²) in [5, 5.41) is 4.96. The van der Waals surface area contributed by atoms with Gasteiger partial charge in [-0.1, -0.05) is 35.9 Å². The van der Waals surface area contributed by atoms with Crippen molar-refractivity contribution < 1.29 is 0 Å². The Balaban J connectivity index is 2.10. The van der Waals surface area contributed by atoms with Gasteiger partial charge in [-0.3, -0.25) is 4.79 Å². The second-order valence-electron chi connectivity index (χ2n) is 4.39. The molecule has 6 heteroatoms. The first-order valence-electron chi connectivity index (χ1n) is 6.19. The van der Waals surface area contributed by atoms with Crippen molar-refractivity contribution in [3.05, 3.63) is 80.0 Å². The molecule has 0 fully saturated rings. The fourth-order valence-corrected chi connectivity index (χ4v) is 2.06. The molecule has 3 aromatic rings. The predicted molar refractivity (Wildman–Crippen MR) is 83.3 cm³/mol. The number of hydrogen-bond donors (Lipinski definition) is 1. The number of rotatable bonds is 2. The lowest BCUT2D eigenvalue weighted by Gasteiger charge is -2.00. The van der Waals surface area contributed by atoms with E-state index in [0.717, 1.165) is 10.2 Å². The van der Waals surface area contributed by atoms with Gasteiger partial charge >= 0.3 is 5.69 Å². The summed E-state index contributed by atoms with van der Waals surface area (Å²) in [7, 11) is 0. The van der Waals surface area contributed by atoms with Crippen molar-refractivity contribution in [3.63, 3.8) is 0 Å². The third kappa shape index (κ3) is 2.64. The molecule has 0 radical (unpaired) electrons. The summed E-state index contributed by atoms with van der Waals surface area (Å²) in [5.41, 5.74) is 0.188. The van der Waals surface area contributed by atoms with Crippen LogP contribution < -0.4 is 11.2 Å². The van der Waals surface area contributed by atoms with Crippen molar-refractivity contribution >= 4 is 28.7 Å². The number of para-hydroxylation sites is 1. The highest BCUT2D eigenvalue weighted by Crippen LogP contribution is 2.08. The molecular weight excluding hydrogens is 290 g/mol. The van der Waals surface area contributed by atoms with E-state index in [4.69, 9.17) is 11.6 Å². The third-order valence-corrected chi connectivity index (χ3v) is 3.23. The highest BCUT2D eigenvalue weighted by Gasteiger charge is 2.05. The Morgan fingerprint density at radius 3 is 2.52 bits per heavy atom. The largest absolute Gasteiger partial charge is 0.349 e. The summed E-state index contributed by atoms with van der Waals surface area (Å²) in [5.74, 6) is 0. The van der Waals surface area contributed by atoms with Gasteiger partial charge in [-0.15, -0.1) is 4.68 Å². The molecule has 5 nitrogen and oxygen atoms in total. The molecule has 0 saturated heterocycles. The minimum Gasteiger partial charge on any atom is -0.305 e. The SMILES string of the molecule is O=c1[nH]c2ccccc2c(=O)n1N=Cc1ccc(Cl)cc1. The summed E-state index contributed by atoms with van der Waals surface area (Å²) < 4.78 is 0.803. The van der Waals surface area contributed by atoms with Gasteiger partial charge in [0.1, 0.15) is 0 Å². The van der Waals surface area contributed by atoms with Gasteiger partial charge in [-0.25, -0.2) is 4.79 Å². The number of fused-ring (bicyclic) bond motifs is 1. The third-order valence-electron chi connectivity index (χ3n) is 2.98. The number of aromatic amines is 1. The van der Waals surface area contributed by atoms with Gasteiger partial charge in [0, 0.05) is 5.02 Å². The highest BCUT2D eigenvalue weighted by molar-refractivity contribution is 6.30. The number of aromatic nitrogens is 2. The molecule has 2 aromatic carbocycles. The topological polar surface area (TPSA) is 67.2 Å². The first-order chi connectivity index (χ1) is 10.1. The van der Waals surface area contributed by atoms with Gasteiger partial charge in [0.25, 0.3) is 5.56 Å². The van der Waals surface area contributed by atoms with Gasteiger partial charge in [-0.2, -0.15) is 5.10 Å². The molecule has 0 aliphatic carbocycles. The average molecular weight is 300 g/mol. The van der Waals surface area contributed by atoms with Crippen molar-refractivity contribution in [2.45, 2.75) is 0 Å². The molecule has 104 valence electrons. The fourth-order valence-electron chi connectivity index (χ4n) is 1.93. The van der Waals surface area contributed by atoms with E-state index in [0.29, 0.717) is 15.9 Å². The summed E-state index contributed by atoms with van der Waals surface area (Å²) >= 11 is 5.79. The smallest absolute Gasteiger partial charge is 0.305 e. The predicted octanol–water partition coefficient (Wildman–Crippen LogP) is 2.23. The molecule has 0 bridgehead atoms. The molecule has 0 amide bonds. The molecule has 0 spiro atoms. The lowest BCUT2D eigenvalue weighted by atomic mass is 10.2. The summed E-state index contributed by atoms with van der Waals surface area (Å²) in [6.45, 7) is 0. The van der Waals surface area contributed by atoms with Crippen LogP contribution in [0.5, 0.6) is 0 Å². The summed E-state index contributed by atoms with van der Waals surface area (Å²) in [6, 6.07) is 13.7. The van der Waals surface area contributed by atoms with E-state index < -0.39 is 11.2 Å². The zero-order valence-corrected chi connectivity index (χ0v) is 11.5. The molecule has 0 aliphatic heterocycles. The van der Waals surface area contributed by atoms with Crippen LogP contribution in [-0.2, 0) is 0 Å². The maximum atomic E-state index is 12.2. The van der Waals surface area contributed by atoms with Crippen LogP contribution in [0.4, 0.5) is 0 Å². The van der Waals surface area contributed by atoms with Crippen molar-refractivity contribution in [1.82, 2.24) is 9.66 Å². The molecule has 1 N–H and O–H groups in total. The maximum Gasteiger partial charge on any atom is 0.349 e. The van der Waals surface area contributed by atoms with E-state index >= 15 is 0 Å². The second kappa shape index (κ2) is 5.38. The molecule has 0 aliphatic rings. The average Bonchev–Trinajstić information content (AvgIpc) is 2.49. The molecule has 0 atom stereocenters. The quantitative estimate of drug-likeness (QED) is 0.737. The van der Waals surface area contributed by atoms with Gasteiger partial charge < -0.3 is 4.98 Å². The number of H-pyrrole nitrogens is 1. The first kappa shape index (κ1) is 13.3. The second-order valence-corrected chi connectivity index (χ2v) is 4.83. The van der Waals surface area contributed by atoms with Gasteiger partial charge in [0.05, 0.1) is 17.1 Å². The zero-order chi connectivity index (χ0) is 14.8. The summed E-state index contributed by atoms with van der Waals surface area (Å²) in [4.78, 5) is 26.8. The van der Waals surface area contributed by atoms with Crippen molar-refractivity contribution in [2.75, 3.05) is 0 Å². The highest BCUT2D eigenvalue weighted by atomic mass is 35.5. The molecular formula is C15H10ClN3O2. The Kier molecular flexibility index (Phi) is 3.41. The van der Waals surface area contributed by atoms with Crippen LogP contribution in [0.2, 0.25) is 5.02 Å². The number of nitrogens with one attached hydrogen (secondary N) is 1. The lowest BCUT2D eigenvalue weighted by molar-refractivity contribution is 0.771. The molecule has 21 heavy (non-hydrogen) atoms. The minimum atomic E-state index is -0.580. The number of halogens is 1. The van der Waals surface area contributed by atoms with Crippen LogP contribution in [0.3, 0.4) is 0 Å². The van der Waals surface area contributed by atoms with Crippen LogP contribution in [-0.4, -0.2) is 15.9 Å². The normalized spacial score (nSPS) is 11.3. The fraction of sp³-hybridized carbons (Fsp3) is 0. The molecule has 1 heterocycles.